The molecule has 1 unspecified atom stereocenters. The Morgan fingerprint density at radius 1 is 1.19 bits per heavy atom. The van der Waals surface area contributed by atoms with Gasteiger partial charge in [-0.05, 0) is 43.0 Å². The molecule has 1 atom stereocenters. The first-order chi connectivity index (χ1) is 10.0. The van der Waals surface area contributed by atoms with Gasteiger partial charge in [0.05, 0.1) is 11.7 Å². The van der Waals surface area contributed by atoms with Crippen LogP contribution in [0.5, 0.6) is 0 Å². The van der Waals surface area contributed by atoms with Crippen LogP contribution in [-0.4, -0.2) is 9.78 Å². The molecule has 0 saturated heterocycles. The maximum Gasteiger partial charge on any atom is 0.266 e. The largest absolute Gasteiger partial charge is 0.319 e. The van der Waals surface area contributed by atoms with Crippen LogP contribution in [0.4, 0.5) is 0 Å². The fourth-order valence-corrected chi connectivity index (χ4v) is 2.23. The lowest BCUT2D eigenvalue weighted by atomic mass is 9.99. The van der Waals surface area contributed by atoms with Gasteiger partial charge in [-0.25, -0.2) is 4.68 Å². The number of nitrogens with two attached hydrogens (primary N) is 1. The fraction of sp³-hybridized carbons (Fsp3) is 0.412. The Hall–Kier alpha value is -1.94. The molecule has 0 amide bonds. The lowest BCUT2D eigenvalue weighted by Gasteiger charge is -2.14. The van der Waals surface area contributed by atoms with Gasteiger partial charge in [-0.3, -0.25) is 4.79 Å². The summed E-state index contributed by atoms with van der Waals surface area (Å²) in [5.41, 5.74) is 10.4. The summed E-state index contributed by atoms with van der Waals surface area (Å²) >= 11 is 0. The maximum absolute atomic E-state index is 11.8. The number of aromatic nitrogens is 2. The topological polar surface area (TPSA) is 60.9 Å². The standard InChI is InChI=1S/C17H23N3O/c1-4-5-10-20-16(21)9-8-15(19-20)17(18)14-7-6-12(2)13(3)11-14/h6-9,11,17H,4-5,10,18H2,1-3H3. The lowest BCUT2D eigenvalue weighted by molar-refractivity contribution is 0.527. The normalized spacial score (nSPS) is 12.4. The third-order valence-corrected chi connectivity index (χ3v) is 3.82. The molecule has 0 aliphatic heterocycles. The molecule has 0 fully saturated rings. The molecule has 21 heavy (non-hydrogen) atoms. The minimum Gasteiger partial charge on any atom is -0.319 e. The van der Waals surface area contributed by atoms with Crippen molar-refractivity contribution in [3.05, 3.63) is 63.1 Å². The number of hydrogen-bond acceptors (Lipinski definition) is 3. The van der Waals surface area contributed by atoms with Crippen LogP contribution >= 0.6 is 0 Å². The molecule has 0 radical (unpaired) electrons. The van der Waals surface area contributed by atoms with Crippen molar-refractivity contribution in [3.63, 3.8) is 0 Å². The molecule has 112 valence electrons. The van der Waals surface area contributed by atoms with Crippen molar-refractivity contribution in [2.24, 2.45) is 5.73 Å². The number of nitrogens with zero attached hydrogens (tertiary/aromatic N) is 2. The molecule has 2 aromatic rings. The van der Waals surface area contributed by atoms with Crippen molar-refractivity contribution in [1.29, 1.82) is 0 Å². The molecule has 0 saturated carbocycles. The van der Waals surface area contributed by atoms with E-state index in [1.807, 2.05) is 6.07 Å². The highest BCUT2D eigenvalue weighted by molar-refractivity contribution is 5.34. The third-order valence-electron chi connectivity index (χ3n) is 3.82. The molecule has 0 aliphatic rings. The maximum atomic E-state index is 11.8. The average molecular weight is 285 g/mol. The Morgan fingerprint density at radius 2 is 1.95 bits per heavy atom. The van der Waals surface area contributed by atoms with Crippen LogP contribution < -0.4 is 11.3 Å². The molecule has 4 nitrogen and oxygen atoms in total. The number of benzene rings is 1. The van der Waals surface area contributed by atoms with Gasteiger partial charge < -0.3 is 5.73 Å². The van der Waals surface area contributed by atoms with E-state index in [2.05, 4.69) is 38.0 Å². The Bertz CT molecular complexity index is 676. The Morgan fingerprint density at radius 3 is 2.62 bits per heavy atom. The van der Waals surface area contributed by atoms with Crippen LogP contribution in [-0.2, 0) is 6.54 Å². The highest BCUT2D eigenvalue weighted by Gasteiger charge is 2.12. The number of hydrogen-bond donors (Lipinski definition) is 1. The van der Waals surface area contributed by atoms with Crippen molar-refractivity contribution >= 4 is 0 Å². The van der Waals surface area contributed by atoms with Crippen molar-refractivity contribution in [1.82, 2.24) is 9.78 Å². The van der Waals surface area contributed by atoms with Crippen LogP contribution in [0.25, 0.3) is 0 Å². The van der Waals surface area contributed by atoms with Crippen LogP contribution in [0, 0.1) is 13.8 Å². The second-order valence-corrected chi connectivity index (χ2v) is 5.49. The van der Waals surface area contributed by atoms with Crippen LogP contribution in [0.1, 0.15) is 48.2 Å². The zero-order chi connectivity index (χ0) is 15.4. The predicted octanol–water partition coefficient (Wildman–Crippen LogP) is 2.71. The summed E-state index contributed by atoms with van der Waals surface area (Å²) in [5.74, 6) is 0. The highest BCUT2D eigenvalue weighted by atomic mass is 16.1. The van der Waals surface area contributed by atoms with Crippen molar-refractivity contribution in [3.8, 4) is 0 Å². The van der Waals surface area contributed by atoms with E-state index < -0.39 is 0 Å². The van der Waals surface area contributed by atoms with E-state index >= 15 is 0 Å². The van der Waals surface area contributed by atoms with Gasteiger partial charge in [0.1, 0.15) is 0 Å². The van der Waals surface area contributed by atoms with Crippen LogP contribution in [0.15, 0.2) is 35.1 Å². The molecule has 0 spiro atoms. The van der Waals surface area contributed by atoms with Gasteiger partial charge in [0.15, 0.2) is 0 Å². The van der Waals surface area contributed by atoms with Gasteiger partial charge in [-0.2, -0.15) is 5.10 Å². The smallest absolute Gasteiger partial charge is 0.266 e. The van der Waals surface area contributed by atoms with Gasteiger partial charge >= 0.3 is 0 Å². The summed E-state index contributed by atoms with van der Waals surface area (Å²) < 4.78 is 1.51. The van der Waals surface area contributed by atoms with E-state index in [4.69, 9.17) is 5.73 Å². The zero-order valence-corrected chi connectivity index (χ0v) is 13.0. The summed E-state index contributed by atoms with van der Waals surface area (Å²) in [6.07, 6.45) is 1.97. The van der Waals surface area contributed by atoms with Gasteiger partial charge in [-0.1, -0.05) is 31.5 Å². The molecule has 2 N–H and O–H groups in total. The van der Waals surface area contributed by atoms with Gasteiger partial charge in [0.2, 0.25) is 0 Å². The molecule has 1 heterocycles. The summed E-state index contributed by atoms with van der Waals surface area (Å²) in [6.45, 7) is 6.88. The summed E-state index contributed by atoms with van der Waals surface area (Å²) in [4.78, 5) is 11.8. The molecule has 0 bridgehead atoms. The SMILES string of the molecule is CCCCn1nc(C(N)c2ccc(C)c(C)c2)ccc1=O. The van der Waals surface area contributed by atoms with E-state index in [1.165, 1.54) is 15.8 Å². The molecule has 0 aliphatic carbocycles. The zero-order valence-electron chi connectivity index (χ0n) is 13.0. The van der Waals surface area contributed by atoms with Gasteiger partial charge in [0, 0.05) is 12.6 Å². The van der Waals surface area contributed by atoms with Crippen LogP contribution in [0.2, 0.25) is 0 Å². The van der Waals surface area contributed by atoms with Crippen molar-refractivity contribution < 1.29 is 0 Å². The first kappa shape index (κ1) is 15.4. The Kier molecular flexibility index (Phi) is 4.91. The van der Waals surface area contributed by atoms with Crippen molar-refractivity contribution in [2.75, 3.05) is 0 Å². The first-order valence-electron chi connectivity index (χ1n) is 7.43. The third kappa shape index (κ3) is 3.58. The lowest BCUT2D eigenvalue weighted by Crippen LogP contribution is -2.26. The number of aryl methyl sites for hydroxylation is 3. The second-order valence-electron chi connectivity index (χ2n) is 5.49. The van der Waals surface area contributed by atoms with Crippen molar-refractivity contribution in [2.45, 2.75) is 46.2 Å². The second kappa shape index (κ2) is 6.68. The average Bonchev–Trinajstić information content (AvgIpc) is 2.48. The Balaban J connectivity index is 2.32. The van der Waals surface area contributed by atoms with E-state index in [1.54, 1.807) is 12.1 Å². The molecule has 1 aromatic carbocycles. The van der Waals surface area contributed by atoms with E-state index in [0.717, 1.165) is 24.1 Å². The molecule has 4 heteroatoms. The first-order valence-corrected chi connectivity index (χ1v) is 7.43. The predicted molar refractivity (Wildman–Crippen MR) is 85.4 cm³/mol. The fourth-order valence-electron chi connectivity index (χ4n) is 2.23. The minimum absolute atomic E-state index is 0.0699. The molecular weight excluding hydrogens is 262 g/mol. The van der Waals surface area contributed by atoms with Gasteiger partial charge in [0.25, 0.3) is 5.56 Å². The molecule has 2 rings (SSSR count). The molecular formula is C17H23N3O. The van der Waals surface area contributed by atoms with Gasteiger partial charge in [-0.15, -0.1) is 0 Å². The Labute approximate surface area is 125 Å². The number of unbranched alkanes of at least 4 members (excludes halogenated alkanes) is 1. The van der Waals surface area contributed by atoms with Crippen LogP contribution in [0.3, 0.4) is 0 Å². The van der Waals surface area contributed by atoms with E-state index in [0.29, 0.717) is 6.54 Å². The molecule has 1 aromatic heterocycles. The summed E-state index contributed by atoms with van der Waals surface area (Å²) in [7, 11) is 0. The van der Waals surface area contributed by atoms with E-state index in [-0.39, 0.29) is 11.6 Å². The summed E-state index contributed by atoms with van der Waals surface area (Å²) in [6, 6.07) is 9.15. The monoisotopic (exact) mass is 285 g/mol. The highest BCUT2D eigenvalue weighted by Crippen LogP contribution is 2.19. The summed E-state index contributed by atoms with van der Waals surface area (Å²) in [5, 5.41) is 4.42. The van der Waals surface area contributed by atoms with E-state index in [9.17, 15) is 4.79 Å². The minimum atomic E-state index is -0.308. The quantitative estimate of drug-likeness (QED) is 0.918. The number of rotatable bonds is 5.